The fraction of sp³-hybridized carbons (Fsp3) is 0.485. The lowest BCUT2D eigenvalue weighted by Crippen LogP contribution is -2.47. The van der Waals surface area contributed by atoms with E-state index in [1.165, 1.54) is 37.5 Å². The average molecular weight is 2050 g/mol. The third-order valence-electron chi connectivity index (χ3n) is 20.0. The fourth-order valence-corrected chi connectivity index (χ4v) is 14.1. The van der Waals surface area contributed by atoms with Crippen molar-refractivity contribution in [2.75, 3.05) is 60.0 Å². The Kier molecular flexibility index (Phi) is 56.1. The predicted molar refractivity (Wildman–Crippen MR) is 510 cm³/mol. The number of Topliss-reactive ketones (excluding diaryl/α,β-unsaturated/α-hetero) is 3. The Hall–Kier alpha value is -12.0. The fourth-order valence-electron chi connectivity index (χ4n) is 12.4. The molecule has 31 nitrogen and oxygen atoms in total. The first-order chi connectivity index (χ1) is 65.7. The highest BCUT2D eigenvalue weighted by atomic mass is 35.5. The van der Waals surface area contributed by atoms with Crippen molar-refractivity contribution in [1.82, 2.24) is 20.7 Å². The Morgan fingerprint density at radius 2 is 0.830 bits per heavy atom. The number of esters is 1. The van der Waals surface area contributed by atoms with E-state index in [4.69, 9.17) is 87.4 Å². The van der Waals surface area contributed by atoms with Gasteiger partial charge in [-0.05, 0) is 201 Å². The lowest BCUT2D eigenvalue weighted by atomic mass is 9.84. The second-order valence-corrected chi connectivity index (χ2v) is 37.5. The van der Waals surface area contributed by atoms with E-state index >= 15 is 0 Å². The number of methoxy groups -OCH3 is 1. The standard InChI is InChI=1S/C19H28F3NO4S.C18H21F3N2O4.2C17H20N2O3.C15H20F3NO3.C5H7BO2S.C3H2ClNO.C3H6O2/c1-17(2,3)28(26)23-18(4,12-15(25)13-24)14-6-8-16(9-7-14)27-11-5-10-19(20,21)22;1-17(11-14(25)12-24,23-16(26)7-9-22)13-3-5-15(6-4-13)27-10-2-8-18(19,20)21;2*1-3-4-9-22-13-7-5-12(6-8-13)17(2)10-15(20)14(11-18)16(21)19-17;1-14(19,9-12(21)10-20)11-3-5-13(6-4-11)22-8-2-7-15(16,17)18;1-4-2-3-5(9-4)6(7)8;4-3(6)1-2-5;1-3(4)5-2/h6-9,23-24H,5,10-13H2,1-4H3;3-6,24H,2,7-8,10-12H2,1H3,(H,23,26);2*5-8,20H,3-4,9-10H2,1-2H3,(H,19,21);3-6,20H,2,7-10,19H2,1H3;2-3,7-8H,1H3;1H2;1-2H3/t18-,28+;3*17-;14-;;;/m10000.../s1. The number of aliphatic hydroxyl groups excluding tert-OH is 5. The van der Waals surface area contributed by atoms with Crippen LogP contribution in [0.4, 0.5) is 39.5 Å². The van der Waals surface area contributed by atoms with Crippen molar-refractivity contribution < 1.29 is 146 Å². The molecule has 0 aliphatic carbocycles. The van der Waals surface area contributed by atoms with Crippen LogP contribution >= 0.6 is 22.9 Å². The van der Waals surface area contributed by atoms with Crippen LogP contribution in [-0.4, -0.2) is 176 Å². The summed E-state index contributed by atoms with van der Waals surface area (Å²) >= 11 is 6.11. The summed E-state index contributed by atoms with van der Waals surface area (Å²) < 4.78 is 155. The molecule has 3 heterocycles. The summed E-state index contributed by atoms with van der Waals surface area (Å²) in [4.78, 5) is 90.7. The minimum atomic E-state index is -4.23. The van der Waals surface area contributed by atoms with Crippen LogP contribution in [0.2, 0.25) is 0 Å². The number of halogens is 10. The Morgan fingerprint density at radius 1 is 0.518 bits per heavy atom. The van der Waals surface area contributed by atoms with E-state index in [0.29, 0.717) is 51.9 Å². The number of thiophene rings is 1. The van der Waals surface area contributed by atoms with Gasteiger partial charge in [0.05, 0.1) is 90.2 Å². The minimum absolute atomic E-state index is 0.00468. The van der Waals surface area contributed by atoms with E-state index in [2.05, 4.69) is 39.3 Å². The molecular formula is C97H124BClF9N9O22S2. The summed E-state index contributed by atoms with van der Waals surface area (Å²) in [7, 11) is -1.42. The molecule has 0 fully saturated rings. The Morgan fingerprint density at radius 3 is 1.09 bits per heavy atom. The molecule has 0 unspecified atom stereocenters. The number of amides is 3. The largest absolute Gasteiger partial charge is 0.511 e. The maximum absolute atomic E-state index is 12.6. The molecule has 6 atom stereocenters. The quantitative estimate of drug-likeness (QED) is 0.00559. The van der Waals surface area contributed by atoms with Crippen molar-refractivity contribution in [2.24, 2.45) is 5.73 Å². The second kappa shape index (κ2) is 62.3. The van der Waals surface area contributed by atoms with Gasteiger partial charge >= 0.3 is 31.6 Å². The SMILES string of the molecule is CC(C)(C)[S@](=O)N[C@](C)(CC(=O)CO)c1ccc(OCCCC(F)(F)F)cc1.CCCCOc1ccc([C@]2(C)CC(O)=C(C#N)C(=O)N2)cc1.CCCCOc1ccc([C@]2(C)CC(O)=C(C#N)C(=O)N2)cc1.COC(C)=O.C[C@@](CC(=O)CO)(NC(=O)CC#N)c1ccc(OCCCC(F)(F)F)cc1.C[C@](N)(CC(=O)CO)c1ccc(OCCCC(F)(F)F)cc1.Cc1ccc(B(O)O)s1.N#CCC(=O)Cl. The van der Waals surface area contributed by atoms with E-state index in [1.807, 2.05) is 75.4 Å². The van der Waals surface area contributed by atoms with Crippen LogP contribution in [0.15, 0.2) is 156 Å². The minimum Gasteiger partial charge on any atom is -0.511 e. The summed E-state index contributed by atoms with van der Waals surface area (Å²) in [5.74, 6) is -0.769. The van der Waals surface area contributed by atoms with Crippen molar-refractivity contribution in [3.63, 3.8) is 0 Å². The summed E-state index contributed by atoms with van der Waals surface area (Å²) in [5.41, 5.74) is 4.64. The van der Waals surface area contributed by atoms with Gasteiger partial charge in [-0.25, -0.2) is 8.93 Å². The number of aryl methyl sites for hydroxylation is 1. The number of ketones is 3. The van der Waals surface area contributed by atoms with Crippen molar-refractivity contribution in [2.45, 2.75) is 243 Å². The van der Waals surface area contributed by atoms with E-state index in [9.17, 15) is 92.3 Å². The number of hydrogen-bond donors (Lipinski definition) is 12. The van der Waals surface area contributed by atoms with Crippen molar-refractivity contribution in [1.29, 1.82) is 21.0 Å². The number of benzene rings is 5. The molecule has 44 heteroatoms. The molecule has 141 heavy (non-hydrogen) atoms. The van der Waals surface area contributed by atoms with E-state index in [-0.39, 0.29) is 118 Å². The molecule has 13 N–H and O–H groups in total. The van der Waals surface area contributed by atoms with Crippen LogP contribution in [0.1, 0.15) is 218 Å². The smallest absolute Gasteiger partial charge is 0.499 e. The van der Waals surface area contributed by atoms with Gasteiger partial charge in [-0.1, -0.05) is 93.4 Å². The molecule has 5 aromatic carbocycles. The molecule has 774 valence electrons. The Labute approximate surface area is 826 Å². The van der Waals surface area contributed by atoms with Gasteiger partial charge in [0.25, 0.3) is 11.8 Å². The number of unbranched alkanes of at least 4 members (excludes halogenated alkanes) is 2. The molecular weight excluding hydrogens is 1920 g/mol. The number of alkyl halides is 9. The summed E-state index contributed by atoms with van der Waals surface area (Å²) in [5, 5.41) is 105. The van der Waals surface area contributed by atoms with Crippen LogP contribution in [0, 0.1) is 52.2 Å². The van der Waals surface area contributed by atoms with Crippen LogP contribution < -0.4 is 54.9 Å². The predicted octanol–water partition coefficient (Wildman–Crippen LogP) is 15.2. The number of hydrogen-bond acceptors (Lipinski definition) is 28. The van der Waals surface area contributed by atoms with E-state index in [1.54, 1.807) is 133 Å². The number of ether oxygens (including phenoxy) is 6. The highest BCUT2D eigenvalue weighted by molar-refractivity contribution is 7.84. The van der Waals surface area contributed by atoms with Gasteiger partial charge in [0.15, 0.2) is 28.5 Å². The van der Waals surface area contributed by atoms with Gasteiger partial charge in [0.1, 0.15) is 85.1 Å². The maximum atomic E-state index is 12.6. The molecule has 8 rings (SSSR count). The maximum Gasteiger partial charge on any atom is 0.499 e. The van der Waals surface area contributed by atoms with Crippen LogP contribution in [0.25, 0.3) is 0 Å². The number of nitrogens with one attached hydrogen (secondary N) is 4. The first-order valence-corrected chi connectivity index (χ1v) is 46.3. The number of rotatable bonds is 40. The van der Waals surface area contributed by atoms with Gasteiger partial charge in [0.2, 0.25) is 11.1 Å². The van der Waals surface area contributed by atoms with Crippen molar-refractivity contribution in [3.8, 4) is 53.0 Å². The molecule has 0 radical (unpaired) electrons. The van der Waals surface area contributed by atoms with Crippen LogP contribution in [-0.2, 0) is 81.8 Å². The summed E-state index contributed by atoms with van der Waals surface area (Å²) in [6, 6.07) is 44.4. The normalized spacial score (nSPS) is 15.7. The van der Waals surface area contributed by atoms with Gasteiger partial charge in [-0.2, -0.15) is 60.6 Å². The summed E-state index contributed by atoms with van der Waals surface area (Å²) in [6.07, 6.45) is -12.0. The van der Waals surface area contributed by atoms with Gasteiger partial charge < -0.3 is 85.7 Å². The molecule has 2 aliphatic rings. The number of carbonyl (C=O) groups excluding carboxylic acids is 8. The lowest BCUT2D eigenvalue weighted by Gasteiger charge is -2.34. The first-order valence-electron chi connectivity index (χ1n) is 44.0. The monoisotopic (exact) mass is 2050 g/mol. The number of aliphatic hydroxyl groups is 5. The summed E-state index contributed by atoms with van der Waals surface area (Å²) in [6.45, 7) is 20.8. The topological polar surface area (TPSA) is 520 Å². The third-order valence-corrected chi connectivity index (χ3v) is 22.9. The second-order valence-electron chi connectivity index (χ2n) is 33.8. The highest BCUT2D eigenvalue weighted by Gasteiger charge is 2.41. The van der Waals surface area contributed by atoms with Gasteiger partial charge in [0, 0.05) is 73.5 Å². The van der Waals surface area contributed by atoms with Crippen LogP contribution in [0.5, 0.6) is 28.7 Å². The number of carbonyl (C=O) groups is 8. The Bertz CT molecular complexity index is 5100. The van der Waals surface area contributed by atoms with Gasteiger partial charge in [-0.3, -0.25) is 38.4 Å². The zero-order chi connectivity index (χ0) is 107. The molecule has 2 aliphatic heterocycles. The van der Waals surface area contributed by atoms with E-state index < -0.39 is 143 Å². The molecule has 0 bridgehead atoms. The third kappa shape index (κ3) is 50.8. The number of nitrogens with two attached hydrogens (primary N) is 1. The number of nitriles is 4. The average Bonchev–Trinajstić information content (AvgIpc) is 1.56. The highest BCUT2D eigenvalue weighted by Crippen LogP contribution is 2.38. The molecule has 3 amide bonds. The van der Waals surface area contributed by atoms with Crippen molar-refractivity contribution in [3.05, 3.63) is 189 Å². The first kappa shape index (κ1) is 127. The van der Waals surface area contributed by atoms with Crippen molar-refractivity contribution >= 4 is 92.1 Å². The molecule has 0 spiro atoms. The van der Waals surface area contributed by atoms with Crippen LogP contribution in [0.3, 0.4) is 0 Å². The zero-order valence-corrected chi connectivity index (χ0v) is 83.1. The molecule has 0 saturated heterocycles. The lowest BCUT2D eigenvalue weighted by molar-refractivity contribution is -0.138. The molecule has 0 saturated carbocycles. The molecule has 1 aromatic heterocycles. The van der Waals surface area contributed by atoms with Gasteiger partial charge in [-0.15, -0.1) is 11.3 Å². The Balaban J connectivity index is 0.000000839. The molecule has 6 aromatic rings. The zero-order valence-electron chi connectivity index (χ0n) is 80.7. The number of nitrogens with zero attached hydrogens (tertiary/aromatic N) is 4. The van der Waals surface area contributed by atoms with E-state index in [0.717, 1.165) is 53.2 Å².